The van der Waals surface area contributed by atoms with Gasteiger partial charge < -0.3 is 0 Å². The average molecular weight is 424 g/mol. The molecule has 142 valence electrons. The fraction of sp³-hybridized carbons (Fsp3) is 0.318. The molecule has 0 atom stereocenters. The van der Waals surface area contributed by atoms with E-state index in [1.165, 1.54) is 35.5 Å². The van der Waals surface area contributed by atoms with Crippen molar-refractivity contribution in [2.24, 2.45) is 0 Å². The highest BCUT2D eigenvalue weighted by atomic mass is 32.2. The molecule has 0 unspecified atom stereocenters. The lowest BCUT2D eigenvalue weighted by Gasteiger charge is -2.12. The molecule has 3 nitrogen and oxygen atoms in total. The Morgan fingerprint density at radius 3 is 2.43 bits per heavy atom. The minimum absolute atomic E-state index is 0.442. The van der Waals surface area contributed by atoms with Crippen LogP contribution in [0.1, 0.15) is 46.5 Å². The molecule has 6 heteroatoms. The number of thiazole rings is 1. The van der Waals surface area contributed by atoms with E-state index in [-0.39, 0.29) is 0 Å². The quantitative estimate of drug-likeness (QED) is 0.294. The SMILES string of the molecule is Cc1nc2c(C)nnc(-c3cc(C(C)C)c4c(c3)sc3sc(C)c(C)c34)c2s1. The Bertz CT molecular complexity index is 1390. The number of rotatable bonds is 2. The summed E-state index contributed by atoms with van der Waals surface area (Å²) in [5, 5.41) is 12.9. The van der Waals surface area contributed by atoms with Gasteiger partial charge in [0.05, 0.1) is 19.4 Å². The minimum Gasteiger partial charge on any atom is -0.239 e. The Morgan fingerprint density at radius 1 is 0.893 bits per heavy atom. The van der Waals surface area contributed by atoms with Crippen molar-refractivity contribution in [2.45, 2.75) is 47.5 Å². The van der Waals surface area contributed by atoms with Crippen molar-refractivity contribution >= 4 is 63.7 Å². The van der Waals surface area contributed by atoms with Gasteiger partial charge in [-0.15, -0.1) is 39.1 Å². The van der Waals surface area contributed by atoms with E-state index in [9.17, 15) is 0 Å². The normalized spacial score (nSPS) is 12.2. The van der Waals surface area contributed by atoms with Crippen molar-refractivity contribution in [3.8, 4) is 11.3 Å². The molecule has 0 fully saturated rings. The van der Waals surface area contributed by atoms with E-state index in [1.54, 1.807) is 11.3 Å². The van der Waals surface area contributed by atoms with E-state index < -0.39 is 0 Å². The van der Waals surface area contributed by atoms with Gasteiger partial charge in [0, 0.05) is 25.9 Å². The number of benzene rings is 1. The zero-order valence-electron chi connectivity index (χ0n) is 16.8. The third-order valence-corrected chi connectivity index (χ3v) is 8.84. The number of hydrogen-bond donors (Lipinski definition) is 0. The van der Waals surface area contributed by atoms with Gasteiger partial charge in [0.1, 0.15) is 11.2 Å². The molecule has 0 spiro atoms. The van der Waals surface area contributed by atoms with E-state index in [0.29, 0.717) is 5.92 Å². The molecule has 0 bridgehead atoms. The largest absolute Gasteiger partial charge is 0.239 e. The van der Waals surface area contributed by atoms with Crippen molar-refractivity contribution in [2.75, 3.05) is 0 Å². The van der Waals surface area contributed by atoms with Crippen LogP contribution in [0.15, 0.2) is 12.1 Å². The molecule has 0 saturated carbocycles. The molecule has 28 heavy (non-hydrogen) atoms. The van der Waals surface area contributed by atoms with Crippen LogP contribution in [0.3, 0.4) is 0 Å². The van der Waals surface area contributed by atoms with Gasteiger partial charge in [-0.1, -0.05) is 13.8 Å². The van der Waals surface area contributed by atoms with Gasteiger partial charge in [0.2, 0.25) is 0 Å². The van der Waals surface area contributed by atoms with Crippen molar-refractivity contribution in [1.82, 2.24) is 15.2 Å². The third kappa shape index (κ3) is 2.55. The van der Waals surface area contributed by atoms with E-state index in [2.05, 4.69) is 61.9 Å². The second kappa shape index (κ2) is 6.31. The molecule has 0 radical (unpaired) electrons. The molecule has 0 aliphatic heterocycles. The van der Waals surface area contributed by atoms with Crippen LogP contribution in [0.25, 0.3) is 41.0 Å². The molecule has 0 saturated heterocycles. The molecule has 4 heterocycles. The zero-order chi connectivity index (χ0) is 19.7. The van der Waals surface area contributed by atoms with Crippen LogP contribution in [0.5, 0.6) is 0 Å². The first kappa shape index (κ1) is 18.2. The Kier molecular flexibility index (Phi) is 4.09. The summed E-state index contributed by atoms with van der Waals surface area (Å²) in [5.41, 5.74) is 6.82. The summed E-state index contributed by atoms with van der Waals surface area (Å²) in [6.07, 6.45) is 0. The smallest absolute Gasteiger partial charge is 0.112 e. The van der Waals surface area contributed by atoms with Crippen molar-refractivity contribution in [1.29, 1.82) is 0 Å². The van der Waals surface area contributed by atoms with Crippen LogP contribution in [-0.4, -0.2) is 15.2 Å². The summed E-state index contributed by atoms with van der Waals surface area (Å²) in [4.78, 5) is 6.11. The third-order valence-electron chi connectivity index (χ3n) is 5.43. The van der Waals surface area contributed by atoms with Crippen LogP contribution in [0.2, 0.25) is 0 Å². The fourth-order valence-corrected chi connectivity index (χ4v) is 7.62. The molecule has 0 aliphatic rings. The lowest BCUT2D eigenvalue weighted by Crippen LogP contribution is -1.95. The molecular weight excluding hydrogens is 402 g/mol. The predicted molar refractivity (Wildman–Crippen MR) is 124 cm³/mol. The highest BCUT2D eigenvalue weighted by Crippen LogP contribution is 2.46. The molecular formula is C22H21N3S3. The second-order valence-corrected chi connectivity index (χ2v) is 11.4. The van der Waals surface area contributed by atoms with Crippen molar-refractivity contribution in [3.05, 3.63) is 38.8 Å². The topological polar surface area (TPSA) is 38.7 Å². The predicted octanol–water partition coefficient (Wildman–Crippen LogP) is 7.54. The number of nitrogens with zero attached hydrogens (tertiary/aromatic N) is 3. The van der Waals surface area contributed by atoms with Gasteiger partial charge >= 0.3 is 0 Å². The van der Waals surface area contributed by atoms with Crippen LogP contribution >= 0.6 is 34.0 Å². The van der Waals surface area contributed by atoms with E-state index >= 15 is 0 Å². The molecule has 1 aromatic carbocycles. The highest BCUT2D eigenvalue weighted by Gasteiger charge is 2.20. The van der Waals surface area contributed by atoms with E-state index in [0.717, 1.165) is 32.2 Å². The Labute approximate surface area is 176 Å². The van der Waals surface area contributed by atoms with Gasteiger partial charge in [-0.05, 0) is 56.9 Å². The van der Waals surface area contributed by atoms with Gasteiger partial charge in [0.15, 0.2) is 0 Å². The lowest BCUT2D eigenvalue weighted by molar-refractivity contribution is 0.877. The summed E-state index contributed by atoms with van der Waals surface area (Å²) in [6, 6.07) is 4.64. The Hall–Kier alpha value is -1.89. The van der Waals surface area contributed by atoms with Crippen molar-refractivity contribution < 1.29 is 0 Å². The van der Waals surface area contributed by atoms with Crippen LogP contribution in [0.4, 0.5) is 0 Å². The van der Waals surface area contributed by atoms with E-state index in [4.69, 9.17) is 0 Å². The van der Waals surface area contributed by atoms with Gasteiger partial charge in [-0.2, -0.15) is 5.10 Å². The summed E-state index contributed by atoms with van der Waals surface area (Å²) >= 11 is 5.54. The lowest BCUT2D eigenvalue weighted by atomic mass is 9.94. The van der Waals surface area contributed by atoms with Crippen LogP contribution in [0, 0.1) is 27.7 Å². The maximum atomic E-state index is 4.69. The van der Waals surface area contributed by atoms with Gasteiger partial charge in [-0.25, -0.2) is 4.98 Å². The molecule has 0 amide bonds. The Balaban J connectivity index is 1.87. The average Bonchev–Trinajstić information content (AvgIpc) is 3.27. The molecule has 5 aromatic rings. The minimum atomic E-state index is 0.442. The maximum absolute atomic E-state index is 4.69. The second-order valence-electron chi connectivity index (χ2n) is 7.69. The van der Waals surface area contributed by atoms with Gasteiger partial charge in [-0.3, -0.25) is 0 Å². The summed E-state index contributed by atoms with van der Waals surface area (Å²) in [7, 11) is 0. The summed E-state index contributed by atoms with van der Waals surface area (Å²) in [5.74, 6) is 0.442. The molecule has 0 aliphatic carbocycles. The zero-order valence-corrected chi connectivity index (χ0v) is 19.2. The molecule has 5 rings (SSSR count). The number of fused-ring (bicyclic) bond motifs is 4. The first-order valence-corrected chi connectivity index (χ1v) is 11.9. The number of aryl methyl sites for hydroxylation is 4. The Morgan fingerprint density at radius 2 is 1.68 bits per heavy atom. The number of thiophene rings is 2. The standard InChI is InChI=1S/C22H21N3S3/c1-9(2)15-7-14(20-21-19(11(4)24-25-20)23-13(6)27-21)8-16-18(15)17-10(3)12(5)26-22(17)28-16/h7-9H,1-6H3. The fourth-order valence-electron chi connectivity index (χ4n) is 3.87. The molecule has 4 aromatic heterocycles. The first-order chi connectivity index (χ1) is 13.3. The number of hydrogen-bond acceptors (Lipinski definition) is 6. The summed E-state index contributed by atoms with van der Waals surface area (Å²) < 4.78 is 3.92. The van der Waals surface area contributed by atoms with Gasteiger partial charge in [0.25, 0.3) is 0 Å². The highest BCUT2D eigenvalue weighted by molar-refractivity contribution is 7.41. The monoisotopic (exact) mass is 423 g/mol. The maximum Gasteiger partial charge on any atom is 0.112 e. The number of aromatic nitrogens is 3. The van der Waals surface area contributed by atoms with Crippen LogP contribution < -0.4 is 0 Å². The molecule has 0 N–H and O–H groups in total. The van der Waals surface area contributed by atoms with E-state index in [1.807, 2.05) is 29.6 Å². The first-order valence-electron chi connectivity index (χ1n) is 9.42. The summed E-state index contributed by atoms with van der Waals surface area (Å²) in [6.45, 7) is 13.1. The van der Waals surface area contributed by atoms with Crippen molar-refractivity contribution in [3.63, 3.8) is 0 Å². The van der Waals surface area contributed by atoms with Crippen LogP contribution in [-0.2, 0) is 0 Å².